The molecule has 1 amide bonds. The Morgan fingerprint density at radius 2 is 1.92 bits per heavy atom. The lowest BCUT2D eigenvalue weighted by Gasteiger charge is -2.07. The van der Waals surface area contributed by atoms with Gasteiger partial charge in [-0.1, -0.05) is 44.7 Å². The van der Waals surface area contributed by atoms with Crippen molar-refractivity contribution < 1.29 is 13.2 Å². The number of nitrogens with one attached hydrogen (secondary N) is 1. The second kappa shape index (κ2) is 8.07. The summed E-state index contributed by atoms with van der Waals surface area (Å²) in [7, 11) is -3.56. The zero-order valence-electron chi connectivity index (χ0n) is 13.4. The maximum Gasteiger partial charge on any atom is 0.239 e. The summed E-state index contributed by atoms with van der Waals surface area (Å²) in [6.45, 7) is 0. The lowest BCUT2D eigenvalue weighted by molar-refractivity contribution is -0.113. The largest absolute Gasteiger partial charge is 0.325 e. The van der Waals surface area contributed by atoms with Crippen LogP contribution in [0, 0.1) is 0 Å². The van der Waals surface area contributed by atoms with E-state index in [1.807, 2.05) is 11.4 Å². The number of benzene rings is 2. The van der Waals surface area contributed by atoms with Crippen LogP contribution in [0.4, 0.5) is 5.69 Å². The van der Waals surface area contributed by atoms with Gasteiger partial charge in [0.05, 0.1) is 5.75 Å². The zero-order valence-corrected chi connectivity index (χ0v) is 16.6. The molecule has 0 atom stereocenters. The van der Waals surface area contributed by atoms with Gasteiger partial charge in [0.1, 0.15) is 11.4 Å². The smallest absolute Gasteiger partial charge is 0.239 e. The van der Waals surface area contributed by atoms with Crippen molar-refractivity contribution in [3.8, 4) is 11.3 Å². The summed E-state index contributed by atoms with van der Waals surface area (Å²) in [5, 5.41) is 8.40. The molecule has 9 heteroatoms. The van der Waals surface area contributed by atoms with E-state index in [2.05, 4.69) is 30.8 Å². The molecular formula is C17H14BrN3O3S2. The first-order valence-electron chi connectivity index (χ1n) is 7.53. The number of amides is 1. The predicted octanol–water partition coefficient (Wildman–Crippen LogP) is 3.52. The van der Waals surface area contributed by atoms with Gasteiger partial charge in [0.2, 0.25) is 5.91 Å². The summed E-state index contributed by atoms with van der Waals surface area (Å²) in [6, 6.07) is 14.0. The average molecular weight is 452 g/mol. The first-order chi connectivity index (χ1) is 12.4. The number of carbonyl (C=O) groups is 1. The molecule has 3 rings (SSSR count). The first kappa shape index (κ1) is 18.7. The molecule has 0 fully saturated rings. The van der Waals surface area contributed by atoms with Crippen molar-refractivity contribution in [2.75, 3.05) is 11.1 Å². The number of anilines is 1. The maximum absolute atomic E-state index is 12.2. The highest BCUT2D eigenvalue weighted by Crippen LogP contribution is 2.20. The van der Waals surface area contributed by atoms with Crippen molar-refractivity contribution in [2.24, 2.45) is 0 Å². The fraction of sp³-hybridized carbons (Fsp3) is 0.118. The second-order valence-corrected chi connectivity index (χ2v) is 9.17. The van der Waals surface area contributed by atoms with Crippen LogP contribution in [0.5, 0.6) is 0 Å². The van der Waals surface area contributed by atoms with Crippen molar-refractivity contribution >= 4 is 48.9 Å². The molecule has 6 nitrogen and oxygen atoms in total. The Morgan fingerprint density at radius 3 is 2.58 bits per heavy atom. The summed E-state index contributed by atoms with van der Waals surface area (Å²) in [6.07, 6.45) is 0. The molecule has 1 N–H and O–H groups in total. The van der Waals surface area contributed by atoms with Crippen LogP contribution in [0.1, 0.15) is 5.56 Å². The summed E-state index contributed by atoms with van der Waals surface area (Å²) >= 11 is 4.56. The maximum atomic E-state index is 12.2. The number of nitrogens with zero attached hydrogens (tertiary/aromatic N) is 2. The van der Waals surface area contributed by atoms with E-state index in [1.54, 1.807) is 42.5 Å². The molecule has 0 spiro atoms. The SMILES string of the molecule is O=C(CS(=O)(=O)Cc1cccc(Br)c1)Nc1ccc(-c2csnn2)cc1. The fourth-order valence-corrected chi connectivity index (χ4v) is 4.52. The van der Waals surface area contributed by atoms with E-state index in [9.17, 15) is 13.2 Å². The highest BCUT2D eigenvalue weighted by atomic mass is 79.9. The normalized spacial score (nSPS) is 11.3. The minimum absolute atomic E-state index is 0.185. The highest BCUT2D eigenvalue weighted by molar-refractivity contribution is 9.10. The van der Waals surface area contributed by atoms with Gasteiger partial charge in [-0.15, -0.1) is 5.10 Å². The van der Waals surface area contributed by atoms with E-state index in [4.69, 9.17) is 0 Å². The molecule has 0 aliphatic rings. The van der Waals surface area contributed by atoms with Crippen molar-refractivity contribution in [1.29, 1.82) is 0 Å². The molecule has 3 aromatic rings. The van der Waals surface area contributed by atoms with E-state index in [-0.39, 0.29) is 5.75 Å². The Labute approximate surface area is 163 Å². The molecular weight excluding hydrogens is 438 g/mol. The van der Waals surface area contributed by atoms with Crippen molar-refractivity contribution in [3.05, 3.63) is 63.9 Å². The molecule has 0 aliphatic carbocycles. The third-order valence-electron chi connectivity index (χ3n) is 3.45. The van der Waals surface area contributed by atoms with Gasteiger partial charge < -0.3 is 5.32 Å². The minimum Gasteiger partial charge on any atom is -0.325 e. The van der Waals surface area contributed by atoms with Crippen LogP contribution in [0.25, 0.3) is 11.3 Å². The van der Waals surface area contributed by atoms with E-state index < -0.39 is 21.5 Å². The molecule has 0 aliphatic heterocycles. The number of carbonyl (C=O) groups excluding carboxylic acids is 1. The minimum atomic E-state index is -3.56. The number of hydrogen-bond donors (Lipinski definition) is 1. The highest BCUT2D eigenvalue weighted by Gasteiger charge is 2.18. The van der Waals surface area contributed by atoms with Gasteiger partial charge in [0, 0.05) is 21.1 Å². The lowest BCUT2D eigenvalue weighted by atomic mass is 10.1. The van der Waals surface area contributed by atoms with Crippen molar-refractivity contribution in [1.82, 2.24) is 9.59 Å². The van der Waals surface area contributed by atoms with Crippen LogP contribution >= 0.6 is 27.5 Å². The summed E-state index contributed by atoms with van der Waals surface area (Å²) in [5.74, 6) is -1.32. The Balaban J connectivity index is 1.61. The molecule has 0 bridgehead atoms. The number of sulfone groups is 1. The van der Waals surface area contributed by atoms with Crippen LogP contribution in [0.2, 0.25) is 0 Å². The van der Waals surface area contributed by atoms with Crippen molar-refractivity contribution in [3.63, 3.8) is 0 Å². The average Bonchev–Trinajstić information content (AvgIpc) is 3.09. The topological polar surface area (TPSA) is 89.0 Å². The summed E-state index contributed by atoms with van der Waals surface area (Å²) in [4.78, 5) is 12.1. The van der Waals surface area contributed by atoms with Crippen LogP contribution < -0.4 is 5.32 Å². The molecule has 26 heavy (non-hydrogen) atoms. The first-order valence-corrected chi connectivity index (χ1v) is 11.0. The monoisotopic (exact) mass is 451 g/mol. The van der Waals surface area contributed by atoms with E-state index in [0.29, 0.717) is 11.3 Å². The number of aromatic nitrogens is 2. The number of rotatable bonds is 6. The van der Waals surface area contributed by atoms with Gasteiger partial charge in [-0.05, 0) is 41.4 Å². The number of hydrogen-bond acceptors (Lipinski definition) is 6. The van der Waals surface area contributed by atoms with E-state index in [1.165, 1.54) is 11.5 Å². The Morgan fingerprint density at radius 1 is 1.15 bits per heavy atom. The molecule has 134 valence electrons. The summed E-state index contributed by atoms with van der Waals surface area (Å²) in [5.41, 5.74) is 2.79. The molecule has 2 aromatic carbocycles. The van der Waals surface area contributed by atoms with Crippen LogP contribution in [-0.4, -0.2) is 29.7 Å². The van der Waals surface area contributed by atoms with Crippen LogP contribution in [-0.2, 0) is 20.4 Å². The molecule has 0 saturated heterocycles. The third kappa shape index (κ3) is 5.20. The van der Waals surface area contributed by atoms with Gasteiger partial charge in [0.15, 0.2) is 9.84 Å². The lowest BCUT2D eigenvalue weighted by Crippen LogP contribution is -2.23. The standard InChI is InChI=1S/C17H14BrN3O3S2/c18-14-3-1-2-12(8-14)10-26(23,24)11-17(22)19-15-6-4-13(5-7-15)16-9-25-21-20-16/h1-9H,10-11H2,(H,19,22). The number of halogens is 1. The van der Waals surface area contributed by atoms with Gasteiger partial charge >= 0.3 is 0 Å². The predicted molar refractivity (Wildman–Crippen MR) is 106 cm³/mol. The van der Waals surface area contributed by atoms with E-state index in [0.717, 1.165) is 15.7 Å². The molecule has 1 aromatic heterocycles. The second-order valence-electron chi connectivity index (χ2n) is 5.58. The van der Waals surface area contributed by atoms with Crippen molar-refractivity contribution in [2.45, 2.75) is 5.75 Å². The fourth-order valence-electron chi connectivity index (χ4n) is 2.34. The van der Waals surface area contributed by atoms with Crippen LogP contribution in [0.15, 0.2) is 58.4 Å². The molecule has 1 heterocycles. The summed E-state index contributed by atoms with van der Waals surface area (Å²) < 4.78 is 29.1. The van der Waals surface area contributed by atoms with Gasteiger partial charge in [-0.3, -0.25) is 4.79 Å². The third-order valence-corrected chi connectivity index (χ3v) is 5.92. The zero-order chi connectivity index (χ0) is 18.6. The Bertz CT molecular complexity index is 1000. The Kier molecular flexibility index (Phi) is 5.80. The molecule has 0 unspecified atom stereocenters. The Hall–Kier alpha value is -2.10. The van der Waals surface area contributed by atoms with Gasteiger partial charge in [-0.25, -0.2) is 8.42 Å². The van der Waals surface area contributed by atoms with Gasteiger partial charge in [0.25, 0.3) is 0 Å². The van der Waals surface area contributed by atoms with Crippen LogP contribution in [0.3, 0.4) is 0 Å². The van der Waals surface area contributed by atoms with E-state index >= 15 is 0 Å². The molecule has 0 saturated carbocycles. The quantitative estimate of drug-likeness (QED) is 0.618. The molecule has 0 radical (unpaired) electrons. The van der Waals surface area contributed by atoms with Gasteiger partial charge in [-0.2, -0.15) is 0 Å².